The van der Waals surface area contributed by atoms with Crippen molar-refractivity contribution in [3.8, 4) is 0 Å². The van der Waals surface area contributed by atoms with E-state index in [4.69, 9.17) is 16.7 Å². The molecule has 0 radical (unpaired) electrons. The van der Waals surface area contributed by atoms with E-state index in [0.717, 1.165) is 6.26 Å². The molecule has 21 heavy (non-hydrogen) atoms. The van der Waals surface area contributed by atoms with Crippen LogP contribution in [0.15, 0.2) is 18.2 Å². The van der Waals surface area contributed by atoms with Gasteiger partial charge >= 0.3 is 12.0 Å². The van der Waals surface area contributed by atoms with Crippen molar-refractivity contribution in [2.45, 2.75) is 0 Å². The van der Waals surface area contributed by atoms with Gasteiger partial charge in [-0.2, -0.15) is 0 Å². The van der Waals surface area contributed by atoms with E-state index in [1.54, 1.807) is 0 Å². The van der Waals surface area contributed by atoms with Gasteiger partial charge in [0.15, 0.2) is 0 Å². The zero-order valence-electron chi connectivity index (χ0n) is 11.0. The first-order valence-electron chi connectivity index (χ1n) is 5.71. The number of carboxylic acids is 1. The van der Waals surface area contributed by atoms with Crippen molar-refractivity contribution in [2.75, 3.05) is 24.7 Å². The second kappa shape index (κ2) is 7.25. The van der Waals surface area contributed by atoms with E-state index in [2.05, 4.69) is 15.4 Å². The molecule has 0 bridgehead atoms. The predicted octanol–water partition coefficient (Wildman–Crippen LogP) is 0.709. The number of anilines is 1. The number of hydrogen-bond acceptors (Lipinski definition) is 4. The van der Waals surface area contributed by atoms with E-state index < -0.39 is 22.0 Å². The SMILES string of the molecule is CS(=O)(=O)NCCNC(=O)Nc1ccc(C(=O)O)cc1Cl. The van der Waals surface area contributed by atoms with E-state index in [9.17, 15) is 18.0 Å². The fourth-order valence-corrected chi connectivity index (χ4v) is 2.03. The maximum Gasteiger partial charge on any atom is 0.335 e. The topological polar surface area (TPSA) is 125 Å². The van der Waals surface area contributed by atoms with Gasteiger partial charge in [-0.15, -0.1) is 0 Å². The minimum Gasteiger partial charge on any atom is -0.478 e. The molecule has 0 aliphatic carbocycles. The highest BCUT2D eigenvalue weighted by Gasteiger charge is 2.09. The maximum absolute atomic E-state index is 11.5. The monoisotopic (exact) mass is 335 g/mol. The van der Waals surface area contributed by atoms with Crippen LogP contribution in [0.25, 0.3) is 0 Å². The van der Waals surface area contributed by atoms with Gasteiger partial charge in [0.25, 0.3) is 0 Å². The molecule has 0 unspecified atom stereocenters. The summed E-state index contributed by atoms with van der Waals surface area (Å²) in [5.74, 6) is -1.13. The van der Waals surface area contributed by atoms with Crippen molar-refractivity contribution in [1.29, 1.82) is 0 Å². The Morgan fingerprint density at radius 1 is 1.29 bits per heavy atom. The lowest BCUT2D eigenvalue weighted by Crippen LogP contribution is -2.36. The minimum absolute atomic E-state index is 0.00307. The number of sulfonamides is 1. The molecule has 0 heterocycles. The third-order valence-electron chi connectivity index (χ3n) is 2.24. The lowest BCUT2D eigenvalue weighted by atomic mass is 10.2. The van der Waals surface area contributed by atoms with E-state index in [0.29, 0.717) is 0 Å². The first-order chi connectivity index (χ1) is 9.69. The Hall–Kier alpha value is -1.84. The summed E-state index contributed by atoms with van der Waals surface area (Å²) in [6.07, 6.45) is 1.01. The van der Waals surface area contributed by atoms with Crippen molar-refractivity contribution in [2.24, 2.45) is 0 Å². The Kier molecular flexibility index (Phi) is 5.94. The molecule has 0 saturated heterocycles. The summed E-state index contributed by atoms with van der Waals surface area (Å²) in [5.41, 5.74) is 0.249. The van der Waals surface area contributed by atoms with E-state index in [1.807, 2.05) is 0 Å². The average molecular weight is 336 g/mol. The van der Waals surface area contributed by atoms with Crippen molar-refractivity contribution in [3.63, 3.8) is 0 Å². The minimum atomic E-state index is -3.30. The number of rotatable bonds is 6. The van der Waals surface area contributed by atoms with Gasteiger partial charge in [-0.3, -0.25) is 0 Å². The zero-order chi connectivity index (χ0) is 16.0. The van der Waals surface area contributed by atoms with Gasteiger partial charge in [0.1, 0.15) is 0 Å². The summed E-state index contributed by atoms with van der Waals surface area (Å²) in [7, 11) is -3.30. The summed E-state index contributed by atoms with van der Waals surface area (Å²) in [5, 5.41) is 13.7. The van der Waals surface area contributed by atoms with E-state index in [1.165, 1.54) is 18.2 Å². The van der Waals surface area contributed by atoms with Gasteiger partial charge in [-0.25, -0.2) is 22.7 Å². The van der Waals surface area contributed by atoms with Gasteiger partial charge in [0.2, 0.25) is 10.0 Å². The molecule has 1 aromatic rings. The van der Waals surface area contributed by atoms with Crippen molar-refractivity contribution in [3.05, 3.63) is 28.8 Å². The third-order valence-corrected chi connectivity index (χ3v) is 3.28. The first kappa shape index (κ1) is 17.2. The van der Waals surface area contributed by atoms with Crippen LogP contribution in [0.4, 0.5) is 10.5 Å². The molecule has 8 nitrogen and oxygen atoms in total. The lowest BCUT2D eigenvalue weighted by Gasteiger charge is -2.09. The Morgan fingerprint density at radius 2 is 1.95 bits per heavy atom. The molecule has 0 aliphatic rings. The van der Waals surface area contributed by atoms with Gasteiger partial charge in [0, 0.05) is 13.1 Å². The molecule has 0 saturated carbocycles. The number of halogens is 1. The molecule has 0 spiro atoms. The van der Waals surface area contributed by atoms with Gasteiger partial charge in [-0.05, 0) is 18.2 Å². The smallest absolute Gasteiger partial charge is 0.335 e. The van der Waals surface area contributed by atoms with Gasteiger partial charge < -0.3 is 15.7 Å². The summed E-state index contributed by atoms with van der Waals surface area (Å²) in [4.78, 5) is 22.3. The fraction of sp³-hybridized carbons (Fsp3) is 0.273. The van der Waals surface area contributed by atoms with Crippen LogP contribution in [0, 0.1) is 0 Å². The van der Waals surface area contributed by atoms with E-state index >= 15 is 0 Å². The molecule has 10 heteroatoms. The molecule has 0 atom stereocenters. The highest BCUT2D eigenvalue weighted by atomic mass is 35.5. The molecule has 2 amide bonds. The lowest BCUT2D eigenvalue weighted by molar-refractivity contribution is 0.0697. The molecule has 4 N–H and O–H groups in total. The van der Waals surface area contributed by atoms with Crippen LogP contribution in [-0.2, 0) is 10.0 Å². The number of urea groups is 1. The standard InChI is InChI=1S/C11H14ClN3O5S/c1-21(19,20)14-5-4-13-11(18)15-9-3-2-7(10(16)17)6-8(9)12/h2-3,6,14H,4-5H2,1H3,(H,16,17)(H2,13,15,18). The second-order valence-corrected chi connectivity index (χ2v) is 6.29. The van der Waals surface area contributed by atoms with Crippen LogP contribution < -0.4 is 15.4 Å². The van der Waals surface area contributed by atoms with Crippen molar-refractivity contribution >= 4 is 39.3 Å². The van der Waals surface area contributed by atoms with Gasteiger partial charge in [-0.1, -0.05) is 11.6 Å². The normalized spacial score (nSPS) is 11.0. The van der Waals surface area contributed by atoms with Crippen LogP contribution in [0.1, 0.15) is 10.4 Å². The van der Waals surface area contributed by atoms with Crippen LogP contribution in [-0.4, -0.2) is 44.9 Å². The zero-order valence-corrected chi connectivity index (χ0v) is 12.6. The van der Waals surface area contributed by atoms with Crippen LogP contribution >= 0.6 is 11.6 Å². The largest absolute Gasteiger partial charge is 0.478 e. The average Bonchev–Trinajstić information content (AvgIpc) is 2.36. The van der Waals surface area contributed by atoms with Crippen LogP contribution in [0.5, 0.6) is 0 Å². The molecule has 1 aromatic carbocycles. The molecule has 0 aromatic heterocycles. The molecule has 0 fully saturated rings. The number of carbonyl (C=O) groups is 2. The Balaban J connectivity index is 2.50. The Bertz CT molecular complexity index is 647. The quantitative estimate of drug-likeness (QED) is 0.570. The summed E-state index contributed by atoms with van der Waals surface area (Å²) < 4.78 is 23.8. The Morgan fingerprint density at radius 3 is 2.48 bits per heavy atom. The number of carbonyl (C=O) groups excluding carboxylic acids is 1. The number of benzene rings is 1. The molecule has 1 rings (SSSR count). The molecular formula is C11H14ClN3O5S. The summed E-state index contributed by atoms with van der Waals surface area (Å²) in [6, 6.07) is 3.29. The van der Waals surface area contributed by atoms with Crippen LogP contribution in [0.2, 0.25) is 5.02 Å². The number of nitrogens with one attached hydrogen (secondary N) is 3. The second-order valence-electron chi connectivity index (χ2n) is 4.05. The maximum atomic E-state index is 11.5. The highest BCUT2D eigenvalue weighted by Crippen LogP contribution is 2.22. The summed E-state index contributed by atoms with van der Waals surface area (Å²) in [6.45, 7) is 0.141. The highest BCUT2D eigenvalue weighted by molar-refractivity contribution is 7.88. The number of carboxylic acid groups (broad SMARTS) is 1. The third kappa shape index (κ3) is 6.43. The predicted molar refractivity (Wildman–Crippen MR) is 78.3 cm³/mol. The first-order valence-corrected chi connectivity index (χ1v) is 7.98. The van der Waals surface area contributed by atoms with E-state index in [-0.39, 0.29) is 29.4 Å². The van der Waals surface area contributed by atoms with Crippen molar-refractivity contribution < 1.29 is 23.1 Å². The summed E-state index contributed by atoms with van der Waals surface area (Å²) >= 11 is 5.84. The van der Waals surface area contributed by atoms with Gasteiger partial charge in [0.05, 0.1) is 22.5 Å². The Labute approximate surface area is 126 Å². The molecule has 116 valence electrons. The number of aromatic carboxylic acids is 1. The number of amides is 2. The number of hydrogen-bond donors (Lipinski definition) is 4. The van der Waals surface area contributed by atoms with Crippen molar-refractivity contribution in [1.82, 2.24) is 10.0 Å². The van der Waals surface area contributed by atoms with Crippen LogP contribution in [0.3, 0.4) is 0 Å². The fourth-order valence-electron chi connectivity index (χ4n) is 1.33. The molecular weight excluding hydrogens is 322 g/mol. The molecule has 0 aliphatic heterocycles.